The summed E-state index contributed by atoms with van der Waals surface area (Å²) in [5, 5.41) is 5.75. The summed E-state index contributed by atoms with van der Waals surface area (Å²) in [7, 11) is 1.72. The van der Waals surface area contributed by atoms with Crippen LogP contribution in [0.25, 0.3) is 0 Å². The lowest BCUT2D eigenvalue weighted by Crippen LogP contribution is -2.41. The fourth-order valence-electron chi connectivity index (χ4n) is 2.87. The summed E-state index contributed by atoms with van der Waals surface area (Å²) < 4.78 is 5.73. The summed E-state index contributed by atoms with van der Waals surface area (Å²) in [5.74, 6) is 0.857. The van der Waals surface area contributed by atoms with Crippen LogP contribution in [-0.2, 0) is 11.4 Å². The molecule has 1 saturated heterocycles. The first-order chi connectivity index (χ1) is 12.6. The second-order valence-electron chi connectivity index (χ2n) is 6.42. The van der Waals surface area contributed by atoms with Crippen molar-refractivity contribution < 1.29 is 14.3 Å². The zero-order valence-electron chi connectivity index (χ0n) is 14.8. The molecule has 1 heterocycles. The molecule has 3 amide bonds. The minimum atomic E-state index is -0.202. The highest BCUT2D eigenvalue weighted by molar-refractivity contribution is 5.89. The first-order valence-electron chi connectivity index (χ1n) is 8.68. The molecule has 0 aliphatic carbocycles. The van der Waals surface area contributed by atoms with E-state index in [1.165, 1.54) is 0 Å². The molecule has 3 rings (SSSR count). The maximum Gasteiger partial charge on any atom is 0.321 e. The molecule has 6 heteroatoms. The quantitative estimate of drug-likeness (QED) is 0.839. The summed E-state index contributed by atoms with van der Waals surface area (Å²) in [6.45, 7) is 0.923. The van der Waals surface area contributed by atoms with Crippen molar-refractivity contribution in [2.75, 3.05) is 18.9 Å². The Kier molecular flexibility index (Phi) is 5.73. The predicted octanol–water partition coefficient (Wildman–Crippen LogP) is 3.01. The Morgan fingerprint density at radius 3 is 2.77 bits per heavy atom. The third kappa shape index (κ3) is 4.99. The highest BCUT2D eigenvalue weighted by atomic mass is 16.5. The molecule has 0 spiro atoms. The number of urea groups is 1. The number of benzene rings is 2. The molecule has 0 radical (unpaired) electrons. The molecular formula is C20H23N3O3. The van der Waals surface area contributed by atoms with Crippen LogP contribution in [-0.4, -0.2) is 36.5 Å². The van der Waals surface area contributed by atoms with Crippen LogP contribution in [0.5, 0.6) is 5.75 Å². The number of ether oxygens (including phenoxy) is 1. The zero-order chi connectivity index (χ0) is 18.4. The number of likely N-dealkylation sites (N-methyl/N-ethyl adjacent to an activating group) is 1. The summed E-state index contributed by atoms with van der Waals surface area (Å²) in [6.07, 6.45) is 1.30. The zero-order valence-corrected chi connectivity index (χ0v) is 14.8. The van der Waals surface area contributed by atoms with Gasteiger partial charge in [0.05, 0.1) is 0 Å². The number of amides is 3. The molecule has 1 aliphatic rings. The topological polar surface area (TPSA) is 70.7 Å². The van der Waals surface area contributed by atoms with Crippen molar-refractivity contribution in [1.29, 1.82) is 0 Å². The van der Waals surface area contributed by atoms with Crippen LogP contribution in [0.3, 0.4) is 0 Å². The second kappa shape index (κ2) is 8.38. The van der Waals surface area contributed by atoms with Gasteiger partial charge in [0.1, 0.15) is 12.4 Å². The van der Waals surface area contributed by atoms with Gasteiger partial charge in [0.25, 0.3) is 0 Å². The van der Waals surface area contributed by atoms with E-state index in [4.69, 9.17) is 4.74 Å². The van der Waals surface area contributed by atoms with Gasteiger partial charge in [-0.05, 0) is 36.2 Å². The smallest absolute Gasteiger partial charge is 0.321 e. The van der Waals surface area contributed by atoms with Gasteiger partial charge in [-0.15, -0.1) is 0 Å². The molecule has 26 heavy (non-hydrogen) atoms. The summed E-state index contributed by atoms with van der Waals surface area (Å²) in [6, 6.07) is 17.0. The van der Waals surface area contributed by atoms with Crippen molar-refractivity contribution >= 4 is 17.6 Å². The van der Waals surface area contributed by atoms with Crippen molar-refractivity contribution in [2.45, 2.75) is 25.5 Å². The van der Waals surface area contributed by atoms with Gasteiger partial charge in [0.2, 0.25) is 5.91 Å². The predicted molar refractivity (Wildman–Crippen MR) is 100 cm³/mol. The Morgan fingerprint density at radius 1 is 1.23 bits per heavy atom. The third-order valence-corrected chi connectivity index (χ3v) is 4.25. The molecule has 2 aromatic carbocycles. The fraction of sp³-hybridized carbons (Fsp3) is 0.300. The van der Waals surface area contributed by atoms with Crippen LogP contribution < -0.4 is 15.4 Å². The molecular weight excluding hydrogens is 330 g/mol. The van der Waals surface area contributed by atoms with Crippen LogP contribution in [0, 0.1) is 0 Å². The molecule has 6 nitrogen and oxygen atoms in total. The van der Waals surface area contributed by atoms with Gasteiger partial charge in [-0.3, -0.25) is 4.79 Å². The minimum Gasteiger partial charge on any atom is -0.489 e. The van der Waals surface area contributed by atoms with Crippen molar-refractivity contribution in [3.05, 3.63) is 60.2 Å². The third-order valence-electron chi connectivity index (χ3n) is 4.25. The maximum atomic E-state index is 12.3. The number of carbonyl (C=O) groups is 2. The van der Waals surface area contributed by atoms with E-state index in [9.17, 15) is 9.59 Å². The highest BCUT2D eigenvalue weighted by Gasteiger charge is 2.23. The lowest BCUT2D eigenvalue weighted by atomic mass is 10.2. The number of nitrogens with one attached hydrogen (secondary N) is 2. The summed E-state index contributed by atoms with van der Waals surface area (Å²) in [5.41, 5.74) is 1.68. The fourth-order valence-corrected chi connectivity index (χ4v) is 2.87. The second-order valence-corrected chi connectivity index (χ2v) is 6.42. The lowest BCUT2D eigenvalue weighted by Gasteiger charge is -2.21. The normalized spacial score (nSPS) is 16.0. The Bertz CT molecular complexity index is 764. The van der Waals surface area contributed by atoms with Crippen molar-refractivity contribution in [3.8, 4) is 5.75 Å². The standard InChI is InChI=1S/C20H23N3O3/c1-23(13-17-10-11-19(24)21-17)20(25)22-16-7-5-6-15(12-16)14-26-18-8-3-2-4-9-18/h2-9,12,17H,10-11,13-14H2,1H3,(H,21,24)(H,22,25)/t17-/m0/s1. The van der Waals surface area contributed by atoms with E-state index in [1.54, 1.807) is 11.9 Å². The van der Waals surface area contributed by atoms with E-state index in [0.717, 1.165) is 17.7 Å². The van der Waals surface area contributed by atoms with Gasteiger partial charge in [0.15, 0.2) is 0 Å². The van der Waals surface area contributed by atoms with Gasteiger partial charge in [-0.2, -0.15) is 0 Å². The number of hydrogen-bond donors (Lipinski definition) is 2. The van der Waals surface area contributed by atoms with Crippen LogP contribution in [0.2, 0.25) is 0 Å². The largest absolute Gasteiger partial charge is 0.489 e. The summed E-state index contributed by atoms with van der Waals surface area (Å²) in [4.78, 5) is 25.2. The highest BCUT2D eigenvalue weighted by Crippen LogP contribution is 2.16. The Balaban J connectivity index is 1.52. The molecule has 0 bridgehead atoms. The number of hydrogen-bond acceptors (Lipinski definition) is 3. The average molecular weight is 353 g/mol. The van der Waals surface area contributed by atoms with E-state index in [2.05, 4.69) is 10.6 Å². The van der Waals surface area contributed by atoms with Gasteiger partial charge in [-0.1, -0.05) is 30.3 Å². The molecule has 0 aromatic heterocycles. The van der Waals surface area contributed by atoms with Crippen LogP contribution in [0.4, 0.5) is 10.5 Å². The van der Waals surface area contributed by atoms with E-state index in [-0.39, 0.29) is 18.0 Å². The number of nitrogens with zero attached hydrogens (tertiary/aromatic N) is 1. The van der Waals surface area contributed by atoms with E-state index in [1.807, 2.05) is 54.6 Å². The average Bonchev–Trinajstić information content (AvgIpc) is 3.06. The van der Waals surface area contributed by atoms with Crippen LogP contribution in [0.1, 0.15) is 18.4 Å². The van der Waals surface area contributed by atoms with Crippen molar-refractivity contribution in [2.24, 2.45) is 0 Å². The van der Waals surface area contributed by atoms with E-state index in [0.29, 0.717) is 25.3 Å². The molecule has 0 unspecified atom stereocenters. The molecule has 0 saturated carbocycles. The SMILES string of the molecule is CN(C[C@@H]1CCC(=O)N1)C(=O)Nc1cccc(COc2ccccc2)c1. The molecule has 1 atom stereocenters. The molecule has 2 aromatic rings. The molecule has 2 N–H and O–H groups in total. The molecule has 1 fully saturated rings. The number of para-hydroxylation sites is 1. The van der Waals surface area contributed by atoms with Gasteiger partial charge < -0.3 is 20.3 Å². The first-order valence-corrected chi connectivity index (χ1v) is 8.68. The Hall–Kier alpha value is -3.02. The molecule has 1 aliphatic heterocycles. The number of anilines is 1. The first kappa shape index (κ1) is 17.8. The Labute approximate surface area is 153 Å². The lowest BCUT2D eigenvalue weighted by molar-refractivity contribution is -0.119. The Morgan fingerprint density at radius 2 is 2.04 bits per heavy atom. The van der Waals surface area contributed by atoms with Gasteiger partial charge >= 0.3 is 6.03 Å². The molecule has 136 valence electrons. The van der Waals surface area contributed by atoms with Crippen molar-refractivity contribution in [3.63, 3.8) is 0 Å². The monoisotopic (exact) mass is 353 g/mol. The van der Waals surface area contributed by atoms with E-state index < -0.39 is 0 Å². The van der Waals surface area contributed by atoms with Gasteiger partial charge in [-0.25, -0.2) is 4.79 Å². The van der Waals surface area contributed by atoms with E-state index >= 15 is 0 Å². The van der Waals surface area contributed by atoms with Crippen molar-refractivity contribution in [1.82, 2.24) is 10.2 Å². The maximum absolute atomic E-state index is 12.3. The van der Waals surface area contributed by atoms with Gasteiger partial charge in [0, 0.05) is 31.7 Å². The number of carbonyl (C=O) groups excluding carboxylic acids is 2. The van der Waals surface area contributed by atoms with Crippen LogP contribution in [0.15, 0.2) is 54.6 Å². The minimum absolute atomic E-state index is 0.0313. The van der Waals surface area contributed by atoms with Crippen LogP contribution >= 0.6 is 0 Å². The number of rotatable bonds is 6. The summed E-state index contributed by atoms with van der Waals surface area (Å²) >= 11 is 0.